The molecule has 0 unspecified atom stereocenters. The molecule has 2 fully saturated rings. The summed E-state index contributed by atoms with van der Waals surface area (Å²) in [5.74, 6) is -0.904. The van der Waals surface area contributed by atoms with E-state index in [1.165, 1.54) is 31.0 Å². The molecule has 0 saturated carbocycles. The summed E-state index contributed by atoms with van der Waals surface area (Å²) in [4.78, 5) is 17.3. The molecule has 0 aromatic heterocycles. The van der Waals surface area contributed by atoms with Crippen LogP contribution in [0.5, 0.6) is 0 Å². The summed E-state index contributed by atoms with van der Waals surface area (Å²) in [5.41, 5.74) is 0.317. The number of likely N-dealkylation sites (tertiary alicyclic amines) is 1. The number of ketones is 1. The number of anilines is 1. The Morgan fingerprint density at radius 1 is 0.968 bits per heavy atom. The number of rotatable bonds is 5. The molecular formula is C24H26F4N2O. The average molecular weight is 434 g/mol. The van der Waals surface area contributed by atoms with Gasteiger partial charge in [-0.15, -0.1) is 0 Å². The number of Topliss-reactive ketones (excluding diaryl/α,β-unsaturated/α-hetero) is 1. The molecule has 4 rings (SSSR count). The summed E-state index contributed by atoms with van der Waals surface area (Å²) in [7, 11) is 0. The predicted molar refractivity (Wildman–Crippen MR) is 112 cm³/mol. The lowest BCUT2D eigenvalue weighted by atomic mass is 9.99. The smallest absolute Gasteiger partial charge is 0.371 e. The Balaban J connectivity index is 1.45. The van der Waals surface area contributed by atoms with Crippen LogP contribution >= 0.6 is 0 Å². The highest BCUT2D eigenvalue weighted by atomic mass is 19.4. The summed E-state index contributed by atoms with van der Waals surface area (Å²) in [5, 5.41) is 0. The number of hydrogen-bond acceptors (Lipinski definition) is 3. The number of carbonyl (C=O) groups is 1. The van der Waals surface area contributed by atoms with E-state index in [2.05, 4.69) is 9.80 Å². The van der Waals surface area contributed by atoms with E-state index in [-0.39, 0.29) is 17.5 Å². The molecule has 0 atom stereocenters. The topological polar surface area (TPSA) is 23.6 Å². The van der Waals surface area contributed by atoms with E-state index in [4.69, 9.17) is 0 Å². The van der Waals surface area contributed by atoms with Crippen molar-refractivity contribution in [3.05, 3.63) is 65.0 Å². The van der Waals surface area contributed by atoms with Crippen molar-refractivity contribution in [1.82, 2.24) is 4.90 Å². The molecule has 2 aliphatic rings. The van der Waals surface area contributed by atoms with Crippen molar-refractivity contribution in [2.45, 2.75) is 44.3 Å². The van der Waals surface area contributed by atoms with E-state index in [9.17, 15) is 22.4 Å². The second kappa shape index (κ2) is 8.99. The van der Waals surface area contributed by atoms with Crippen LogP contribution in [0.15, 0.2) is 42.5 Å². The number of piperidine rings is 1. The zero-order valence-electron chi connectivity index (χ0n) is 17.3. The zero-order valence-corrected chi connectivity index (χ0v) is 17.3. The SMILES string of the molecule is O=C(Cc1cccc(C(F)(F)F)c1)c1cc(F)cc(N2CCC(N3CCCC3)CC2)c1. The number of benzene rings is 2. The van der Waals surface area contributed by atoms with Crippen LogP contribution < -0.4 is 4.90 Å². The van der Waals surface area contributed by atoms with Crippen LogP contribution in [0, 0.1) is 5.82 Å². The molecular weight excluding hydrogens is 408 g/mol. The lowest BCUT2D eigenvalue weighted by Crippen LogP contribution is -2.43. The van der Waals surface area contributed by atoms with Crippen LogP contribution in [-0.2, 0) is 12.6 Å². The van der Waals surface area contributed by atoms with E-state index in [0.29, 0.717) is 11.7 Å². The number of halogens is 4. The molecule has 2 aliphatic heterocycles. The average Bonchev–Trinajstić information content (AvgIpc) is 3.28. The fourth-order valence-corrected chi connectivity index (χ4v) is 4.66. The summed E-state index contributed by atoms with van der Waals surface area (Å²) >= 11 is 0. The summed E-state index contributed by atoms with van der Waals surface area (Å²) < 4.78 is 53.1. The largest absolute Gasteiger partial charge is 0.416 e. The molecule has 3 nitrogen and oxygen atoms in total. The molecule has 2 aromatic carbocycles. The number of carbonyl (C=O) groups excluding carboxylic acids is 1. The number of nitrogens with zero attached hydrogens (tertiary/aromatic N) is 2. The van der Waals surface area contributed by atoms with Gasteiger partial charge >= 0.3 is 6.18 Å². The van der Waals surface area contributed by atoms with Gasteiger partial charge in [0.25, 0.3) is 0 Å². The Morgan fingerprint density at radius 3 is 2.35 bits per heavy atom. The second-order valence-corrected chi connectivity index (χ2v) is 8.46. The van der Waals surface area contributed by atoms with Crippen molar-refractivity contribution >= 4 is 11.5 Å². The molecule has 31 heavy (non-hydrogen) atoms. The standard InChI is InChI=1S/C24H26F4N2O/c25-20-14-18(23(31)13-17-4-3-5-19(12-17)24(26,27)28)15-22(16-20)30-10-6-21(7-11-30)29-8-1-2-9-29/h3-5,12,14-16,21H,1-2,6-11,13H2. The van der Waals surface area contributed by atoms with Crippen molar-refractivity contribution in [2.75, 3.05) is 31.1 Å². The first-order valence-corrected chi connectivity index (χ1v) is 10.8. The van der Waals surface area contributed by atoms with Crippen molar-refractivity contribution in [3.8, 4) is 0 Å². The van der Waals surface area contributed by atoms with E-state index < -0.39 is 23.3 Å². The normalized spacial score (nSPS) is 18.5. The van der Waals surface area contributed by atoms with E-state index in [1.807, 2.05) is 0 Å². The van der Waals surface area contributed by atoms with Crippen LogP contribution in [0.4, 0.5) is 23.2 Å². The molecule has 0 radical (unpaired) electrons. The third-order valence-corrected chi connectivity index (χ3v) is 6.31. The third-order valence-electron chi connectivity index (χ3n) is 6.31. The first-order chi connectivity index (χ1) is 14.8. The monoisotopic (exact) mass is 434 g/mol. The molecule has 0 bridgehead atoms. The molecule has 0 aliphatic carbocycles. The molecule has 0 amide bonds. The Hall–Kier alpha value is -2.41. The minimum absolute atomic E-state index is 0.189. The number of hydrogen-bond donors (Lipinski definition) is 0. The second-order valence-electron chi connectivity index (χ2n) is 8.46. The maximum Gasteiger partial charge on any atom is 0.416 e. The van der Waals surface area contributed by atoms with E-state index >= 15 is 0 Å². The van der Waals surface area contributed by atoms with Gasteiger partial charge in [-0.2, -0.15) is 13.2 Å². The van der Waals surface area contributed by atoms with Crippen molar-refractivity contribution in [3.63, 3.8) is 0 Å². The maximum absolute atomic E-state index is 14.3. The molecule has 2 aromatic rings. The van der Waals surface area contributed by atoms with Crippen molar-refractivity contribution < 1.29 is 22.4 Å². The number of alkyl halides is 3. The third kappa shape index (κ3) is 5.26. The quantitative estimate of drug-likeness (QED) is 0.469. The predicted octanol–water partition coefficient (Wildman–Crippen LogP) is 5.33. The van der Waals surface area contributed by atoms with Gasteiger partial charge in [0.15, 0.2) is 5.78 Å². The summed E-state index contributed by atoms with van der Waals surface area (Å²) in [6.45, 7) is 3.90. The van der Waals surface area contributed by atoms with Gasteiger partial charge in [-0.1, -0.05) is 18.2 Å². The molecule has 2 heterocycles. The van der Waals surface area contributed by atoms with Crippen molar-refractivity contribution in [2.24, 2.45) is 0 Å². The highest BCUT2D eigenvalue weighted by Gasteiger charge is 2.30. The first kappa shape index (κ1) is 21.8. The lowest BCUT2D eigenvalue weighted by Gasteiger charge is -2.38. The lowest BCUT2D eigenvalue weighted by molar-refractivity contribution is -0.137. The van der Waals surface area contributed by atoms with Gasteiger partial charge in [0.1, 0.15) is 5.82 Å². The minimum atomic E-state index is -4.47. The Kier molecular flexibility index (Phi) is 6.32. The zero-order chi connectivity index (χ0) is 22.0. The van der Waals surface area contributed by atoms with Gasteiger partial charge in [-0.3, -0.25) is 4.79 Å². The van der Waals surface area contributed by atoms with Gasteiger partial charge in [0.05, 0.1) is 5.56 Å². The fourth-order valence-electron chi connectivity index (χ4n) is 4.66. The van der Waals surface area contributed by atoms with Gasteiger partial charge in [0.2, 0.25) is 0 Å². The molecule has 0 spiro atoms. The fraction of sp³-hybridized carbons (Fsp3) is 0.458. The molecule has 2 saturated heterocycles. The highest BCUT2D eigenvalue weighted by molar-refractivity contribution is 5.98. The Labute approximate surface area is 179 Å². The van der Waals surface area contributed by atoms with E-state index in [1.54, 1.807) is 6.07 Å². The summed E-state index contributed by atoms with van der Waals surface area (Å²) in [6, 6.07) is 9.53. The minimum Gasteiger partial charge on any atom is -0.371 e. The van der Waals surface area contributed by atoms with Gasteiger partial charge in [0, 0.05) is 36.8 Å². The first-order valence-electron chi connectivity index (χ1n) is 10.8. The van der Waals surface area contributed by atoms with E-state index in [0.717, 1.165) is 57.2 Å². The molecule has 7 heteroatoms. The molecule has 0 N–H and O–H groups in total. The van der Waals surface area contributed by atoms with Crippen LogP contribution in [0.2, 0.25) is 0 Å². The van der Waals surface area contributed by atoms with Crippen LogP contribution in [0.3, 0.4) is 0 Å². The van der Waals surface area contributed by atoms with Gasteiger partial charge in [-0.05, 0) is 68.6 Å². The summed E-state index contributed by atoms with van der Waals surface area (Å²) in [6.07, 6.45) is -0.160. The highest BCUT2D eigenvalue weighted by Crippen LogP contribution is 2.30. The maximum atomic E-state index is 14.3. The van der Waals surface area contributed by atoms with Crippen LogP contribution in [0.1, 0.15) is 47.2 Å². The van der Waals surface area contributed by atoms with Crippen LogP contribution in [-0.4, -0.2) is 42.9 Å². The van der Waals surface area contributed by atoms with Crippen LogP contribution in [0.25, 0.3) is 0 Å². The Bertz CT molecular complexity index is 929. The van der Waals surface area contributed by atoms with Gasteiger partial charge < -0.3 is 9.80 Å². The molecule has 166 valence electrons. The van der Waals surface area contributed by atoms with Crippen molar-refractivity contribution in [1.29, 1.82) is 0 Å². The Morgan fingerprint density at radius 2 is 1.68 bits per heavy atom. The van der Waals surface area contributed by atoms with Gasteiger partial charge in [-0.25, -0.2) is 4.39 Å².